The van der Waals surface area contributed by atoms with Crippen LogP contribution in [0, 0.1) is 11.3 Å². The quantitative estimate of drug-likeness (QED) is 0.870. The molecule has 0 amide bonds. The summed E-state index contributed by atoms with van der Waals surface area (Å²) < 4.78 is 0. The van der Waals surface area contributed by atoms with Gasteiger partial charge < -0.3 is 5.32 Å². The van der Waals surface area contributed by atoms with Gasteiger partial charge in [-0.15, -0.1) is 0 Å². The molecule has 0 aliphatic carbocycles. The third-order valence-corrected chi connectivity index (χ3v) is 2.36. The molecule has 0 bridgehead atoms. The van der Waals surface area contributed by atoms with Gasteiger partial charge in [-0.1, -0.05) is 12.1 Å². The zero-order chi connectivity index (χ0) is 12.1. The van der Waals surface area contributed by atoms with Crippen molar-refractivity contribution in [2.75, 3.05) is 5.32 Å². The van der Waals surface area contributed by atoms with Gasteiger partial charge in [0.25, 0.3) is 0 Å². The molecule has 2 heterocycles. The Hall–Kier alpha value is -2.41. The van der Waals surface area contributed by atoms with Crippen molar-refractivity contribution in [1.29, 1.82) is 5.26 Å². The van der Waals surface area contributed by atoms with Crippen molar-refractivity contribution in [3.63, 3.8) is 0 Å². The molecular weight excluding hydrogens is 212 g/mol. The van der Waals surface area contributed by atoms with Crippen molar-refractivity contribution in [1.82, 2.24) is 9.97 Å². The van der Waals surface area contributed by atoms with Gasteiger partial charge in [0.1, 0.15) is 17.6 Å². The third kappa shape index (κ3) is 2.79. The topological polar surface area (TPSA) is 61.6 Å². The Morgan fingerprint density at radius 1 is 1.24 bits per heavy atom. The summed E-state index contributed by atoms with van der Waals surface area (Å²) in [7, 11) is 0. The minimum absolute atomic E-state index is 0.0534. The van der Waals surface area contributed by atoms with E-state index in [0.29, 0.717) is 11.5 Å². The molecule has 0 spiro atoms. The second-order valence-corrected chi connectivity index (χ2v) is 3.64. The minimum Gasteiger partial charge on any atom is -0.362 e. The Balaban J connectivity index is 2.13. The first-order chi connectivity index (χ1) is 8.29. The van der Waals surface area contributed by atoms with Crippen molar-refractivity contribution >= 4 is 5.82 Å². The highest BCUT2D eigenvalue weighted by Gasteiger charge is 2.06. The zero-order valence-corrected chi connectivity index (χ0v) is 9.46. The first-order valence-corrected chi connectivity index (χ1v) is 5.34. The lowest BCUT2D eigenvalue weighted by Crippen LogP contribution is -2.09. The van der Waals surface area contributed by atoms with Gasteiger partial charge in [-0.3, -0.25) is 4.98 Å². The molecule has 2 rings (SSSR count). The Morgan fingerprint density at radius 3 is 2.82 bits per heavy atom. The number of pyridine rings is 2. The molecule has 2 aromatic heterocycles. The molecule has 84 valence electrons. The number of rotatable bonds is 3. The summed E-state index contributed by atoms with van der Waals surface area (Å²) in [6.45, 7) is 2.00. The second-order valence-electron chi connectivity index (χ2n) is 3.64. The van der Waals surface area contributed by atoms with Gasteiger partial charge in [-0.2, -0.15) is 5.26 Å². The minimum atomic E-state index is 0.0534. The Kier molecular flexibility index (Phi) is 3.31. The highest BCUT2D eigenvalue weighted by molar-refractivity contribution is 5.40. The summed E-state index contributed by atoms with van der Waals surface area (Å²) in [5.41, 5.74) is 1.35. The number of aromatic nitrogens is 2. The van der Waals surface area contributed by atoms with Crippen molar-refractivity contribution in [2.24, 2.45) is 0 Å². The Bertz CT molecular complexity index is 531. The zero-order valence-electron chi connectivity index (χ0n) is 9.46. The Labute approximate surface area is 100.0 Å². The van der Waals surface area contributed by atoms with Crippen LogP contribution < -0.4 is 5.32 Å². The van der Waals surface area contributed by atoms with Crippen molar-refractivity contribution in [3.05, 3.63) is 54.0 Å². The number of nitrogens with zero attached hydrogens (tertiary/aromatic N) is 3. The molecule has 0 fully saturated rings. The van der Waals surface area contributed by atoms with E-state index in [2.05, 4.69) is 15.3 Å². The average molecular weight is 224 g/mol. The van der Waals surface area contributed by atoms with Crippen LogP contribution in [0.3, 0.4) is 0 Å². The van der Waals surface area contributed by atoms with Gasteiger partial charge in [-0.25, -0.2) is 4.98 Å². The van der Waals surface area contributed by atoms with Crippen LogP contribution in [-0.4, -0.2) is 9.97 Å². The molecule has 17 heavy (non-hydrogen) atoms. The van der Waals surface area contributed by atoms with Gasteiger partial charge >= 0.3 is 0 Å². The van der Waals surface area contributed by atoms with E-state index in [1.54, 1.807) is 18.3 Å². The van der Waals surface area contributed by atoms with Crippen LogP contribution in [-0.2, 0) is 0 Å². The van der Waals surface area contributed by atoms with Gasteiger partial charge in [-0.05, 0) is 31.2 Å². The predicted octanol–water partition coefficient (Wildman–Crippen LogP) is 2.52. The maximum atomic E-state index is 8.76. The van der Waals surface area contributed by atoms with E-state index in [9.17, 15) is 0 Å². The van der Waals surface area contributed by atoms with Crippen molar-refractivity contribution in [3.8, 4) is 6.07 Å². The number of nitriles is 1. The predicted molar refractivity (Wildman–Crippen MR) is 65.2 cm³/mol. The normalized spacial score (nSPS) is 11.5. The Morgan fingerprint density at radius 2 is 2.12 bits per heavy atom. The molecule has 4 heteroatoms. The molecule has 0 aliphatic heterocycles. The smallest absolute Gasteiger partial charge is 0.142 e. The molecule has 0 radical (unpaired) electrons. The molecule has 4 nitrogen and oxygen atoms in total. The van der Waals surface area contributed by atoms with Crippen LogP contribution in [0.4, 0.5) is 5.82 Å². The number of anilines is 1. The van der Waals surface area contributed by atoms with E-state index in [1.807, 2.05) is 37.3 Å². The van der Waals surface area contributed by atoms with Crippen LogP contribution in [0.1, 0.15) is 24.4 Å². The van der Waals surface area contributed by atoms with Crippen molar-refractivity contribution < 1.29 is 0 Å². The van der Waals surface area contributed by atoms with Gasteiger partial charge in [0.15, 0.2) is 0 Å². The summed E-state index contributed by atoms with van der Waals surface area (Å²) >= 11 is 0. The molecule has 1 N–H and O–H groups in total. The molecule has 0 aromatic carbocycles. The van der Waals surface area contributed by atoms with E-state index >= 15 is 0 Å². The molecule has 1 unspecified atom stereocenters. The van der Waals surface area contributed by atoms with E-state index in [4.69, 9.17) is 5.26 Å². The fraction of sp³-hybridized carbons (Fsp3) is 0.154. The average Bonchev–Trinajstić information content (AvgIpc) is 2.40. The molecule has 0 aliphatic rings. The molecule has 1 atom stereocenters. The number of hydrogen-bond donors (Lipinski definition) is 1. The number of hydrogen-bond acceptors (Lipinski definition) is 4. The van der Waals surface area contributed by atoms with Crippen LogP contribution in [0.5, 0.6) is 0 Å². The lowest BCUT2D eigenvalue weighted by molar-refractivity contribution is 0.831. The lowest BCUT2D eigenvalue weighted by Gasteiger charge is -2.13. The molecular formula is C13H12N4. The van der Waals surface area contributed by atoms with E-state index in [0.717, 1.165) is 5.69 Å². The highest BCUT2D eigenvalue weighted by Crippen LogP contribution is 2.15. The fourth-order valence-corrected chi connectivity index (χ4v) is 1.51. The maximum Gasteiger partial charge on any atom is 0.142 e. The van der Waals surface area contributed by atoms with E-state index in [1.165, 1.54) is 0 Å². The highest BCUT2D eigenvalue weighted by atomic mass is 15.0. The summed E-state index contributed by atoms with van der Waals surface area (Å²) in [6.07, 6.45) is 1.76. The molecule has 0 saturated carbocycles. The number of nitrogens with one attached hydrogen (secondary N) is 1. The fourth-order valence-electron chi connectivity index (χ4n) is 1.51. The largest absolute Gasteiger partial charge is 0.362 e. The van der Waals surface area contributed by atoms with E-state index in [-0.39, 0.29) is 6.04 Å². The van der Waals surface area contributed by atoms with Crippen LogP contribution in [0.15, 0.2) is 42.6 Å². The maximum absolute atomic E-state index is 8.76. The molecule has 2 aromatic rings. The van der Waals surface area contributed by atoms with Gasteiger partial charge in [0, 0.05) is 6.20 Å². The summed E-state index contributed by atoms with van der Waals surface area (Å²) in [5, 5.41) is 12.0. The summed E-state index contributed by atoms with van der Waals surface area (Å²) in [4.78, 5) is 8.42. The van der Waals surface area contributed by atoms with Gasteiger partial charge in [0.2, 0.25) is 0 Å². The first-order valence-electron chi connectivity index (χ1n) is 5.34. The third-order valence-electron chi connectivity index (χ3n) is 2.36. The van der Waals surface area contributed by atoms with Crippen molar-refractivity contribution in [2.45, 2.75) is 13.0 Å². The van der Waals surface area contributed by atoms with Crippen LogP contribution >= 0.6 is 0 Å². The summed E-state index contributed by atoms with van der Waals surface area (Å²) in [5.74, 6) is 0.683. The van der Waals surface area contributed by atoms with Crippen LogP contribution in [0.25, 0.3) is 0 Å². The van der Waals surface area contributed by atoms with Gasteiger partial charge in [0.05, 0.1) is 11.7 Å². The monoisotopic (exact) mass is 224 g/mol. The lowest BCUT2D eigenvalue weighted by atomic mass is 10.2. The molecule has 0 saturated heterocycles. The SMILES string of the molecule is CC(Nc1cccc(C#N)n1)c1ccccn1. The first kappa shape index (κ1) is 11.1. The van der Waals surface area contributed by atoms with E-state index < -0.39 is 0 Å². The standard InChI is InChI=1S/C13H12N4/c1-10(12-6-2-3-8-15-12)16-13-7-4-5-11(9-14)17-13/h2-8,10H,1H3,(H,16,17). The second kappa shape index (κ2) is 5.08. The summed E-state index contributed by atoms with van der Waals surface area (Å²) in [6, 6.07) is 13.2. The van der Waals surface area contributed by atoms with Crippen LogP contribution in [0.2, 0.25) is 0 Å².